The number of carbonyl (C=O) groups excluding carboxylic acids is 1. The summed E-state index contributed by atoms with van der Waals surface area (Å²) in [6.07, 6.45) is 2.53. The molecule has 20 heavy (non-hydrogen) atoms. The SMILES string of the molecule is O=C1NCCN1CCOc1ccc2c(c1)CCCC2O. The lowest BCUT2D eigenvalue weighted by Crippen LogP contribution is -2.31. The van der Waals surface area contributed by atoms with Crippen LogP contribution >= 0.6 is 0 Å². The highest BCUT2D eigenvalue weighted by Gasteiger charge is 2.20. The summed E-state index contributed by atoms with van der Waals surface area (Å²) in [4.78, 5) is 13.1. The minimum atomic E-state index is -0.332. The molecule has 3 rings (SSSR count). The molecule has 0 aromatic heterocycles. The third-order valence-corrected chi connectivity index (χ3v) is 3.97. The number of aliphatic hydroxyl groups is 1. The lowest BCUT2D eigenvalue weighted by Gasteiger charge is -2.22. The monoisotopic (exact) mass is 276 g/mol. The topological polar surface area (TPSA) is 61.8 Å². The lowest BCUT2D eigenvalue weighted by molar-refractivity contribution is 0.156. The third-order valence-electron chi connectivity index (χ3n) is 3.97. The zero-order valence-corrected chi connectivity index (χ0v) is 11.5. The molecule has 0 saturated carbocycles. The molecule has 2 aliphatic rings. The number of urea groups is 1. The number of rotatable bonds is 4. The van der Waals surface area contributed by atoms with Crippen LogP contribution in [0.15, 0.2) is 18.2 Å². The number of hydrogen-bond donors (Lipinski definition) is 2. The lowest BCUT2D eigenvalue weighted by atomic mass is 9.89. The second kappa shape index (κ2) is 5.71. The van der Waals surface area contributed by atoms with Gasteiger partial charge in [-0.2, -0.15) is 0 Å². The van der Waals surface area contributed by atoms with E-state index < -0.39 is 0 Å². The van der Waals surface area contributed by atoms with Crippen LogP contribution in [0, 0.1) is 0 Å². The zero-order valence-electron chi connectivity index (χ0n) is 11.5. The molecule has 5 heteroatoms. The van der Waals surface area contributed by atoms with Crippen LogP contribution in [0.5, 0.6) is 5.75 Å². The molecule has 5 nitrogen and oxygen atoms in total. The number of fused-ring (bicyclic) bond motifs is 1. The molecule has 1 atom stereocenters. The van der Waals surface area contributed by atoms with E-state index in [-0.39, 0.29) is 12.1 Å². The molecule has 1 saturated heterocycles. The van der Waals surface area contributed by atoms with Gasteiger partial charge >= 0.3 is 6.03 Å². The minimum absolute atomic E-state index is 0.0119. The number of benzene rings is 1. The Morgan fingerprint density at radius 2 is 2.35 bits per heavy atom. The van der Waals surface area contributed by atoms with Crippen molar-refractivity contribution in [2.24, 2.45) is 0 Å². The Kier molecular flexibility index (Phi) is 3.78. The van der Waals surface area contributed by atoms with Gasteiger partial charge in [0.1, 0.15) is 12.4 Å². The largest absolute Gasteiger partial charge is 0.492 e. The molecule has 1 aromatic carbocycles. The molecule has 1 aromatic rings. The maximum atomic E-state index is 11.4. The van der Waals surface area contributed by atoms with Crippen molar-refractivity contribution in [3.05, 3.63) is 29.3 Å². The summed E-state index contributed by atoms with van der Waals surface area (Å²) in [5.41, 5.74) is 2.21. The van der Waals surface area contributed by atoms with E-state index in [0.29, 0.717) is 13.2 Å². The Hall–Kier alpha value is -1.75. The van der Waals surface area contributed by atoms with Gasteiger partial charge < -0.3 is 20.1 Å². The zero-order chi connectivity index (χ0) is 13.9. The van der Waals surface area contributed by atoms with Gasteiger partial charge in [-0.25, -0.2) is 4.79 Å². The number of ether oxygens (including phenoxy) is 1. The number of nitrogens with one attached hydrogen (secondary N) is 1. The Morgan fingerprint density at radius 3 is 3.15 bits per heavy atom. The van der Waals surface area contributed by atoms with E-state index >= 15 is 0 Å². The van der Waals surface area contributed by atoms with Crippen molar-refractivity contribution in [2.75, 3.05) is 26.2 Å². The van der Waals surface area contributed by atoms with Gasteiger partial charge in [-0.15, -0.1) is 0 Å². The summed E-state index contributed by atoms with van der Waals surface area (Å²) >= 11 is 0. The molecule has 0 radical (unpaired) electrons. The number of nitrogens with zero attached hydrogens (tertiary/aromatic N) is 1. The van der Waals surface area contributed by atoms with Crippen molar-refractivity contribution >= 4 is 6.03 Å². The highest BCUT2D eigenvalue weighted by molar-refractivity contribution is 5.76. The van der Waals surface area contributed by atoms with E-state index in [2.05, 4.69) is 5.32 Å². The summed E-state index contributed by atoms with van der Waals surface area (Å²) in [7, 11) is 0. The van der Waals surface area contributed by atoms with Gasteiger partial charge in [0.05, 0.1) is 12.6 Å². The van der Waals surface area contributed by atoms with Gasteiger partial charge in [0.2, 0.25) is 0 Å². The van der Waals surface area contributed by atoms with Gasteiger partial charge in [-0.3, -0.25) is 0 Å². The molecule has 2 amide bonds. The van der Waals surface area contributed by atoms with Gasteiger partial charge in [0, 0.05) is 13.1 Å². The molecule has 108 valence electrons. The highest BCUT2D eigenvalue weighted by Crippen LogP contribution is 2.31. The standard InChI is InChI=1S/C15H20N2O3/c18-14-3-1-2-11-10-12(4-5-13(11)14)20-9-8-17-7-6-16-15(17)19/h4-5,10,14,18H,1-3,6-9H2,(H,16,19). The molecule has 1 aliphatic carbocycles. The smallest absolute Gasteiger partial charge is 0.317 e. The van der Waals surface area contributed by atoms with Crippen LogP contribution in [-0.4, -0.2) is 42.3 Å². The third kappa shape index (κ3) is 2.72. The number of carbonyl (C=O) groups is 1. The first-order valence-electron chi connectivity index (χ1n) is 7.20. The van der Waals surface area contributed by atoms with Crippen LogP contribution in [-0.2, 0) is 6.42 Å². The van der Waals surface area contributed by atoms with Crippen molar-refractivity contribution in [2.45, 2.75) is 25.4 Å². The van der Waals surface area contributed by atoms with Crippen LogP contribution in [0.4, 0.5) is 4.79 Å². The van der Waals surface area contributed by atoms with Crippen molar-refractivity contribution in [3.8, 4) is 5.75 Å². The maximum Gasteiger partial charge on any atom is 0.317 e. The number of amides is 2. The molecule has 0 spiro atoms. The average molecular weight is 276 g/mol. The first kappa shape index (κ1) is 13.2. The summed E-state index contributed by atoms with van der Waals surface area (Å²) in [6.45, 7) is 2.56. The van der Waals surface area contributed by atoms with Crippen molar-refractivity contribution < 1.29 is 14.6 Å². The van der Waals surface area contributed by atoms with Crippen LogP contribution in [0.3, 0.4) is 0 Å². The predicted octanol–water partition coefficient (Wildman–Crippen LogP) is 1.46. The van der Waals surface area contributed by atoms with Crippen molar-refractivity contribution in [1.29, 1.82) is 0 Å². The predicted molar refractivity (Wildman–Crippen MR) is 74.8 cm³/mol. The Bertz CT molecular complexity index is 504. The molecular formula is C15H20N2O3. The molecule has 2 N–H and O–H groups in total. The van der Waals surface area contributed by atoms with Gasteiger partial charge in [-0.05, 0) is 42.5 Å². The molecule has 0 bridgehead atoms. The summed E-state index contributed by atoms with van der Waals surface area (Å²) < 4.78 is 5.71. The first-order chi connectivity index (χ1) is 9.74. The van der Waals surface area contributed by atoms with E-state index in [1.165, 1.54) is 5.56 Å². The van der Waals surface area contributed by atoms with E-state index in [1.807, 2.05) is 18.2 Å². The normalized spacial score (nSPS) is 21.6. The number of aryl methyl sites for hydroxylation is 1. The van der Waals surface area contributed by atoms with E-state index in [4.69, 9.17) is 4.74 Å². The van der Waals surface area contributed by atoms with Crippen LogP contribution in [0.1, 0.15) is 30.1 Å². The van der Waals surface area contributed by atoms with Crippen LogP contribution in [0.25, 0.3) is 0 Å². The second-order valence-electron chi connectivity index (χ2n) is 5.34. The van der Waals surface area contributed by atoms with Crippen molar-refractivity contribution in [3.63, 3.8) is 0 Å². The molecule has 1 fully saturated rings. The summed E-state index contributed by atoms with van der Waals surface area (Å²) in [5.74, 6) is 0.817. The summed E-state index contributed by atoms with van der Waals surface area (Å²) in [6, 6.07) is 5.86. The quantitative estimate of drug-likeness (QED) is 0.875. The fourth-order valence-electron chi connectivity index (χ4n) is 2.85. The van der Waals surface area contributed by atoms with E-state index in [9.17, 15) is 9.90 Å². The molecule has 1 unspecified atom stereocenters. The molecule has 1 aliphatic heterocycles. The highest BCUT2D eigenvalue weighted by atomic mass is 16.5. The molecular weight excluding hydrogens is 256 g/mol. The number of aliphatic hydroxyl groups excluding tert-OH is 1. The first-order valence-corrected chi connectivity index (χ1v) is 7.20. The Morgan fingerprint density at radius 1 is 1.45 bits per heavy atom. The Balaban J connectivity index is 1.57. The van der Waals surface area contributed by atoms with Gasteiger partial charge in [0.15, 0.2) is 0 Å². The maximum absolute atomic E-state index is 11.4. The summed E-state index contributed by atoms with van der Waals surface area (Å²) in [5, 5.41) is 12.7. The van der Waals surface area contributed by atoms with E-state index in [0.717, 1.165) is 43.7 Å². The van der Waals surface area contributed by atoms with Crippen LogP contribution in [0.2, 0.25) is 0 Å². The fourth-order valence-corrected chi connectivity index (χ4v) is 2.85. The molecule has 1 heterocycles. The van der Waals surface area contributed by atoms with Crippen molar-refractivity contribution in [1.82, 2.24) is 10.2 Å². The average Bonchev–Trinajstić information content (AvgIpc) is 2.85. The minimum Gasteiger partial charge on any atom is -0.492 e. The second-order valence-corrected chi connectivity index (χ2v) is 5.34. The Labute approximate surface area is 118 Å². The van der Waals surface area contributed by atoms with Gasteiger partial charge in [-0.1, -0.05) is 6.07 Å². The van der Waals surface area contributed by atoms with Gasteiger partial charge in [0.25, 0.3) is 0 Å². The van der Waals surface area contributed by atoms with E-state index in [1.54, 1.807) is 4.90 Å². The van der Waals surface area contributed by atoms with Crippen LogP contribution < -0.4 is 10.1 Å². The number of hydrogen-bond acceptors (Lipinski definition) is 3. The fraction of sp³-hybridized carbons (Fsp3) is 0.533.